The Morgan fingerprint density at radius 1 is 1.13 bits per heavy atom. The maximum atomic E-state index is 13.3. The van der Waals surface area contributed by atoms with Gasteiger partial charge in [0.15, 0.2) is 5.96 Å². The number of benzene rings is 1. The zero-order valence-electron chi connectivity index (χ0n) is 22.1. The van der Waals surface area contributed by atoms with E-state index in [9.17, 15) is 19.2 Å². The third-order valence-electron chi connectivity index (χ3n) is 6.68. The van der Waals surface area contributed by atoms with Crippen molar-refractivity contribution in [3.05, 3.63) is 42.3 Å². The van der Waals surface area contributed by atoms with E-state index in [2.05, 4.69) is 15.6 Å². The summed E-state index contributed by atoms with van der Waals surface area (Å²) < 4.78 is 0. The van der Waals surface area contributed by atoms with E-state index in [0.29, 0.717) is 32.2 Å². The molecule has 10 N–H and O–H groups in total. The molecule has 1 saturated heterocycles. The Balaban J connectivity index is 2.12. The molecule has 0 bridgehead atoms. The number of rotatable bonds is 14. The van der Waals surface area contributed by atoms with Crippen LogP contribution in [0.5, 0.6) is 0 Å². The average Bonchev–Trinajstić information content (AvgIpc) is 3.38. The summed E-state index contributed by atoms with van der Waals surface area (Å²) in [6.45, 7) is 4.27. The van der Waals surface area contributed by atoms with Crippen molar-refractivity contribution in [2.75, 3.05) is 13.1 Å². The molecule has 4 amide bonds. The van der Waals surface area contributed by atoms with E-state index in [1.807, 2.05) is 37.3 Å². The maximum absolute atomic E-state index is 13.3. The van der Waals surface area contributed by atoms with Gasteiger partial charge in [-0.25, -0.2) is 0 Å². The smallest absolute Gasteiger partial charge is 0.241 e. The number of primary amides is 1. The van der Waals surface area contributed by atoms with Crippen molar-refractivity contribution < 1.29 is 19.2 Å². The van der Waals surface area contributed by atoms with Crippen LogP contribution in [0.15, 0.2) is 35.3 Å². The lowest BCUT2D eigenvalue weighted by Crippen LogP contribution is -2.58. The van der Waals surface area contributed by atoms with Crippen molar-refractivity contribution in [2.24, 2.45) is 33.8 Å². The van der Waals surface area contributed by atoms with E-state index in [4.69, 9.17) is 22.9 Å². The monoisotopic (exact) mass is 529 g/mol. The maximum Gasteiger partial charge on any atom is 0.241 e. The third-order valence-corrected chi connectivity index (χ3v) is 6.68. The van der Waals surface area contributed by atoms with Gasteiger partial charge in [0.05, 0.1) is 6.04 Å². The molecule has 0 unspecified atom stereocenters. The minimum atomic E-state index is -1.10. The Labute approximate surface area is 223 Å². The van der Waals surface area contributed by atoms with Gasteiger partial charge in [0.2, 0.25) is 23.6 Å². The first-order valence-electron chi connectivity index (χ1n) is 12.9. The van der Waals surface area contributed by atoms with E-state index < -0.39 is 41.9 Å². The van der Waals surface area contributed by atoms with Gasteiger partial charge < -0.3 is 38.5 Å². The number of guanidine groups is 1. The predicted octanol–water partition coefficient (Wildman–Crippen LogP) is -1.08. The number of nitrogens with two attached hydrogens (primary N) is 4. The SMILES string of the molecule is CC[C@H](C)[C@H](NC(=O)[C@@H]([CH-]CCN=C(N)N)NC(=O)[C@@H]1CCCN1C(=O)[C@H](N)Cc1ccccc1)C(N)=O. The van der Waals surface area contributed by atoms with Crippen LogP contribution in [0.3, 0.4) is 0 Å². The zero-order chi connectivity index (χ0) is 28.2. The molecule has 1 aliphatic rings. The number of aliphatic imine (C=N–C) groups is 1. The van der Waals surface area contributed by atoms with Gasteiger partial charge in [-0.2, -0.15) is 6.42 Å². The molecule has 210 valence electrons. The largest absolute Gasteiger partial charge is 0.372 e. The number of carbonyl (C=O) groups is 4. The highest BCUT2D eigenvalue weighted by atomic mass is 16.2. The van der Waals surface area contributed by atoms with Crippen LogP contribution in [0, 0.1) is 12.3 Å². The van der Waals surface area contributed by atoms with Crippen LogP contribution in [0.25, 0.3) is 0 Å². The number of likely N-dealkylation sites (tertiary alicyclic amines) is 1. The van der Waals surface area contributed by atoms with Gasteiger partial charge in [0, 0.05) is 13.1 Å². The quantitative estimate of drug-likeness (QED) is 0.0758. The molecule has 0 saturated carbocycles. The van der Waals surface area contributed by atoms with Crippen LogP contribution in [-0.4, -0.2) is 71.7 Å². The number of amides is 4. The summed E-state index contributed by atoms with van der Waals surface area (Å²) in [6.07, 6.45) is 3.85. The van der Waals surface area contributed by atoms with Crippen LogP contribution in [0.1, 0.15) is 45.1 Å². The second-order valence-corrected chi connectivity index (χ2v) is 9.58. The highest BCUT2D eigenvalue weighted by Crippen LogP contribution is 2.20. The van der Waals surface area contributed by atoms with Gasteiger partial charge in [-0.05, 0) is 36.8 Å². The topological polar surface area (TPSA) is 212 Å². The molecule has 0 spiro atoms. The van der Waals surface area contributed by atoms with Gasteiger partial charge in [-0.15, -0.1) is 0 Å². The fourth-order valence-corrected chi connectivity index (χ4v) is 4.36. The molecule has 5 atom stereocenters. The first-order chi connectivity index (χ1) is 18.0. The summed E-state index contributed by atoms with van der Waals surface area (Å²) in [7, 11) is 0. The van der Waals surface area contributed by atoms with E-state index in [1.54, 1.807) is 13.3 Å². The van der Waals surface area contributed by atoms with Crippen molar-refractivity contribution in [3.8, 4) is 0 Å². The Morgan fingerprint density at radius 2 is 1.82 bits per heavy atom. The van der Waals surface area contributed by atoms with Crippen molar-refractivity contribution >= 4 is 29.6 Å². The summed E-state index contributed by atoms with van der Waals surface area (Å²) >= 11 is 0. The highest BCUT2D eigenvalue weighted by Gasteiger charge is 2.37. The van der Waals surface area contributed by atoms with Crippen molar-refractivity contribution in [3.63, 3.8) is 0 Å². The number of hydrogen-bond acceptors (Lipinski definition) is 6. The standard InChI is InChI=1S/C26H41N8O4/c1-3-16(2)21(22(28)35)33-23(36)19(11-7-13-31-26(29)30)32-24(37)20-12-8-14-34(20)25(38)18(27)15-17-9-5-4-6-10-17/h4-6,9-11,16,18-21H,3,7-8,12-15,27H2,1-2H3,(H2,28,35)(H,32,37)(H,33,36)(H4,29,30,31)/q-1/t16-,18+,19+,20-,21-/m0/s1. The van der Waals surface area contributed by atoms with Crippen molar-refractivity contribution in [1.82, 2.24) is 15.5 Å². The number of carbonyl (C=O) groups excluding carboxylic acids is 4. The lowest BCUT2D eigenvalue weighted by molar-refractivity contribution is -0.140. The average molecular weight is 530 g/mol. The molecule has 38 heavy (non-hydrogen) atoms. The minimum Gasteiger partial charge on any atom is -0.372 e. The Hall–Kier alpha value is -3.67. The molecule has 0 aromatic heterocycles. The van der Waals surface area contributed by atoms with E-state index in [-0.39, 0.29) is 30.8 Å². The molecule has 12 heteroatoms. The normalized spacial score (nSPS) is 18.1. The molecule has 1 fully saturated rings. The van der Waals surface area contributed by atoms with Gasteiger partial charge in [-0.3, -0.25) is 30.6 Å². The minimum absolute atomic E-state index is 0.0963. The fraction of sp³-hybridized carbons (Fsp3) is 0.538. The van der Waals surface area contributed by atoms with Crippen molar-refractivity contribution in [2.45, 2.75) is 70.1 Å². The Morgan fingerprint density at radius 3 is 2.42 bits per heavy atom. The molecule has 1 aromatic carbocycles. The first-order valence-corrected chi connectivity index (χ1v) is 12.9. The van der Waals surface area contributed by atoms with Crippen molar-refractivity contribution in [1.29, 1.82) is 0 Å². The summed E-state index contributed by atoms with van der Waals surface area (Å²) in [5.74, 6) is -2.37. The van der Waals surface area contributed by atoms with E-state index in [1.165, 1.54) is 4.90 Å². The molecule has 12 nitrogen and oxygen atoms in total. The molecular weight excluding hydrogens is 488 g/mol. The van der Waals surface area contributed by atoms with E-state index in [0.717, 1.165) is 5.56 Å². The molecule has 1 aromatic rings. The number of nitrogens with one attached hydrogen (secondary N) is 2. The molecule has 2 rings (SSSR count). The fourth-order valence-electron chi connectivity index (χ4n) is 4.36. The van der Waals surface area contributed by atoms with Crippen LogP contribution in [0.4, 0.5) is 0 Å². The van der Waals surface area contributed by atoms with Crippen LogP contribution >= 0.6 is 0 Å². The lowest BCUT2D eigenvalue weighted by atomic mass is 9.98. The highest BCUT2D eigenvalue weighted by molar-refractivity contribution is 5.95. The lowest BCUT2D eigenvalue weighted by Gasteiger charge is -2.32. The van der Waals surface area contributed by atoms with Gasteiger partial charge in [0.1, 0.15) is 12.1 Å². The second-order valence-electron chi connectivity index (χ2n) is 9.58. The van der Waals surface area contributed by atoms with Crippen LogP contribution < -0.4 is 33.6 Å². The molecule has 0 aliphatic carbocycles. The summed E-state index contributed by atoms with van der Waals surface area (Å²) in [5, 5.41) is 5.36. The summed E-state index contributed by atoms with van der Waals surface area (Å²) in [6, 6.07) is 5.83. The molecular formula is C26H41N8O4-. The number of hydrogen-bond donors (Lipinski definition) is 6. The molecule has 1 aliphatic heterocycles. The molecule has 1 heterocycles. The second kappa shape index (κ2) is 14.9. The summed E-state index contributed by atoms with van der Waals surface area (Å²) in [5.41, 5.74) is 23.3. The van der Waals surface area contributed by atoms with Crippen LogP contribution in [0.2, 0.25) is 0 Å². The van der Waals surface area contributed by atoms with E-state index >= 15 is 0 Å². The first kappa shape index (κ1) is 30.6. The van der Waals surface area contributed by atoms with Gasteiger partial charge in [0.25, 0.3) is 0 Å². The number of nitrogens with zero attached hydrogens (tertiary/aromatic N) is 2. The predicted molar refractivity (Wildman–Crippen MR) is 145 cm³/mol. The zero-order valence-corrected chi connectivity index (χ0v) is 22.1. The van der Waals surface area contributed by atoms with Gasteiger partial charge >= 0.3 is 0 Å². The van der Waals surface area contributed by atoms with Gasteiger partial charge in [-0.1, -0.05) is 50.6 Å². The Bertz CT molecular complexity index is 983. The van der Waals surface area contributed by atoms with Crippen LogP contribution in [-0.2, 0) is 25.6 Å². The molecule has 0 radical (unpaired) electrons. The summed E-state index contributed by atoms with van der Waals surface area (Å²) in [4.78, 5) is 56.9. The Kier molecular flexibility index (Phi) is 12.0. The third kappa shape index (κ3) is 9.02.